The molecule has 0 saturated carbocycles. The van der Waals surface area contributed by atoms with E-state index in [2.05, 4.69) is 13.8 Å². The molecule has 1 unspecified atom stereocenters. The first kappa shape index (κ1) is 7.89. The number of hydrogen-bond donors (Lipinski definition) is 1. The van der Waals surface area contributed by atoms with Crippen LogP contribution in [-0.4, -0.2) is 4.99 Å². The van der Waals surface area contributed by atoms with Crippen LogP contribution in [0.25, 0.3) is 0 Å². The van der Waals surface area contributed by atoms with Gasteiger partial charge >= 0.3 is 0 Å². The first-order valence-corrected chi connectivity index (χ1v) is 3.38. The van der Waals surface area contributed by atoms with Crippen LogP contribution in [-0.2, 0) is 0 Å². The Labute approximate surface area is 56.3 Å². The third kappa shape index (κ3) is 2.97. The van der Waals surface area contributed by atoms with E-state index in [1.807, 2.05) is 0 Å². The predicted molar refractivity (Wildman–Crippen MR) is 40.9 cm³/mol. The summed E-state index contributed by atoms with van der Waals surface area (Å²) in [6.07, 6.45) is 2.29. The lowest BCUT2D eigenvalue weighted by Crippen LogP contribution is -2.17. The fourth-order valence-electron chi connectivity index (χ4n) is 0.575. The lowest BCUT2D eigenvalue weighted by atomic mass is 10.1. The van der Waals surface area contributed by atoms with Crippen molar-refractivity contribution < 1.29 is 0 Å². The molecule has 0 radical (unpaired) electrons. The molecule has 0 aliphatic rings. The Morgan fingerprint density at radius 3 is 2.38 bits per heavy atom. The summed E-state index contributed by atoms with van der Waals surface area (Å²) in [5.74, 6) is 0.426. The summed E-state index contributed by atoms with van der Waals surface area (Å²) in [5.41, 5.74) is 5.35. The molecule has 0 aromatic carbocycles. The molecule has 2 N–H and O–H groups in total. The number of thiocarbonyl (C=S) groups is 1. The third-order valence-corrected chi connectivity index (χ3v) is 1.61. The Morgan fingerprint density at radius 2 is 2.25 bits per heavy atom. The molecule has 0 fully saturated rings. The summed E-state index contributed by atoms with van der Waals surface area (Å²) >= 11 is 4.76. The van der Waals surface area contributed by atoms with Gasteiger partial charge in [0, 0.05) is 5.92 Å². The van der Waals surface area contributed by atoms with Crippen molar-refractivity contribution in [1.82, 2.24) is 0 Å². The maximum absolute atomic E-state index is 5.35. The maximum Gasteiger partial charge on any atom is 0.0755 e. The average Bonchev–Trinajstić information content (AvgIpc) is 1.67. The van der Waals surface area contributed by atoms with Crippen molar-refractivity contribution in [3.05, 3.63) is 0 Å². The molecule has 0 saturated heterocycles. The Morgan fingerprint density at radius 1 is 1.75 bits per heavy atom. The van der Waals surface area contributed by atoms with E-state index in [9.17, 15) is 0 Å². The van der Waals surface area contributed by atoms with Gasteiger partial charge in [-0.3, -0.25) is 0 Å². The molecule has 8 heavy (non-hydrogen) atoms. The van der Waals surface area contributed by atoms with Gasteiger partial charge in [-0.2, -0.15) is 0 Å². The van der Waals surface area contributed by atoms with E-state index in [0.717, 1.165) is 6.42 Å². The van der Waals surface area contributed by atoms with Crippen LogP contribution in [0.5, 0.6) is 0 Å². The minimum absolute atomic E-state index is 0.426. The number of nitrogens with two attached hydrogens (primary N) is 1. The van der Waals surface area contributed by atoms with Crippen LogP contribution in [0.1, 0.15) is 26.7 Å². The Kier molecular flexibility index (Phi) is 3.79. The first-order valence-electron chi connectivity index (χ1n) is 2.97. The van der Waals surface area contributed by atoms with Gasteiger partial charge in [-0.25, -0.2) is 0 Å². The number of hydrogen-bond acceptors (Lipinski definition) is 1. The maximum atomic E-state index is 5.35. The number of rotatable bonds is 3. The highest BCUT2D eigenvalue weighted by Gasteiger charge is 2.00. The molecule has 0 aliphatic carbocycles. The normalized spacial score (nSPS) is 13.2. The van der Waals surface area contributed by atoms with Crippen molar-refractivity contribution in [2.75, 3.05) is 0 Å². The van der Waals surface area contributed by atoms with Crippen molar-refractivity contribution >= 4 is 17.2 Å². The van der Waals surface area contributed by atoms with Gasteiger partial charge in [-0.05, 0) is 6.42 Å². The molecule has 1 nitrogen and oxygen atoms in total. The second kappa shape index (κ2) is 3.84. The molecule has 0 aromatic rings. The summed E-state index contributed by atoms with van der Waals surface area (Å²) < 4.78 is 0. The van der Waals surface area contributed by atoms with E-state index in [0.29, 0.717) is 10.9 Å². The van der Waals surface area contributed by atoms with Crippen molar-refractivity contribution in [2.24, 2.45) is 11.7 Å². The lowest BCUT2D eigenvalue weighted by Gasteiger charge is -2.04. The van der Waals surface area contributed by atoms with Gasteiger partial charge in [0.05, 0.1) is 4.99 Å². The van der Waals surface area contributed by atoms with Gasteiger partial charge in [0.15, 0.2) is 0 Å². The molecule has 0 bridgehead atoms. The van der Waals surface area contributed by atoms with Gasteiger partial charge in [-0.15, -0.1) is 0 Å². The zero-order valence-electron chi connectivity index (χ0n) is 5.48. The fraction of sp³-hybridized carbons (Fsp3) is 0.833. The van der Waals surface area contributed by atoms with Gasteiger partial charge in [0.25, 0.3) is 0 Å². The fourth-order valence-corrected chi connectivity index (χ4v) is 0.693. The van der Waals surface area contributed by atoms with E-state index in [4.69, 9.17) is 18.0 Å². The Hall–Kier alpha value is -0.110. The largest absolute Gasteiger partial charge is 0.393 e. The third-order valence-electron chi connectivity index (χ3n) is 1.21. The molecule has 0 heterocycles. The van der Waals surface area contributed by atoms with Crippen molar-refractivity contribution in [3.63, 3.8) is 0 Å². The molecular formula is C6H13NS. The summed E-state index contributed by atoms with van der Waals surface area (Å²) in [7, 11) is 0. The standard InChI is InChI=1S/C6H13NS/c1-3-4-5(2)6(7)8/h5H,3-4H2,1-2H3,(H2,7,8). The summed E-state index contributed by atoms with van der Waals surface area (Å²) in [6.45, 7) is 4.20. The summed E-state index contributed by atoms with van der Waals surface area (Å²) in [5, 5.41) is 0. The van der Waals surface area contributed by atoms with E-state index in [1.165, 1.54) is 6.42 Å². The topological polar surface area (TPSA) is 26.0 Å². The Balaban J connectivity index is 3.32. The van der Waals surface area contributed by atoms with Crippen LogP contribution in [0.2, 0.25) is 0 Å². The molecule has 0 rings (SSSR count). The van der Waals surface area contributed by atoms with Gasteiger partial charge in [0.1, 0.15) is 0 Å². The summed E-state index contributed by atoms with van der Waals surface area (Å²) in [6, 6.07) is 0. The minimum atomic E-state index is 0.426. The van der Waals surface area contributed by atoms with Crippen LogP contribution >= 0.6 is 12.2 Å². The van der Waals surface area contributed by atoms with Crippen LogP contribution in [0.3, 0.4) is 0 Å². The molecule has 48 valence electrons. The monoisotopic (exact) mass is 131 g/mol. The van der Waals surface area contributed by atoms with E-state index in [-0.39, 0.29) is 0 Å². The van der Waals surface area contributed by atoms with Crippen LogP contribution in [0.4, 0.5) is 0 Å². The SMILES string of the molecule is CCCC(C)C(N)=S. The molecule has 0 aromatic heterocycles. The molecule has 2 heteroatoms. The highest BCUT2D eigenvalue weighted by Crippen LogP contribution is 2.03. The average molecular weight is 131 g/mol. The van der Waals surface area contributed by atoms with E-state index >= 15 is 0 Å². The van der Waals surface area contributed by atoms with Crippen molar-refractivity contribution in [1.29, 1.82) is 0 Å². The van der Waals surface area contributed by atoms with Gasteiger partial charge in [-0.1, -0.05) is 32.5 Å². The van der Waals surface area contributed by atoms with E-state index < -0.39 is 0 Å². The van der Waals surface area contributed by atoms with Crippen LogP contribution in [0.15, 0.2) is 0 Å². The molecular weight excluding hydrogens is 118 g/mol. The molecule has 1 atom stereocenters. The molecule has 0 spiro atoms. The minimum Gasteiger partial charge on any atom is -0.393 e. The molecule has 0 amide bonds. The quantitative estimate of drug-likeness (QED) is 0.590. The molecule has 0 aliphatic heterocycles. The zero-order valence-corrected chi connectivity index (χ0v) is 6.29. The summed E-state index contributed by atoms with van der Waals surface area (Å²) in [4.78, 5) is 0.645. The smallest absolute Gasteiger partial charge is 0.0755 e. The van der Waals surface area contributed by atoms with Crippen molar-refractivity contribution in [2.45, 2.75) is 26.7 Å². The van der Waals surface area contributed by atoms with Crippen molar-refractivity contribution in [3.8, 4) is 0 Å². The second-order valence-corrected chi connectivity index (χ2v) is 2.56. The van der Waals surface area contributed by atoms with E-state index in [1.54, 1.807) is 0 Å². The lowest BCUT2D eigenvalue weighted by molar-refractivity contribution is 0.669. The highest BCUT2D eigenvalue weighted by molar-refractivity contribution is 7.80. The van der Waals surface area contributed by atoms with Gasteiger partial charge < -0.3 is 5.73 Å². The van der Waals surface area contributed by atoms with Gasteiger partial charge in [0.2, 0.25) is 0 Å². The van der Waals surface area contributed by atoms with Crippen LogP contribution < -0.4 is 5.73 Å². The first-order chi connectivity index (χ1) is 3.68. The van der Waals surface area contributed by atoms with Crippen LogP contribution in [0, 0.1) is 5.92 Å². The zero-order chi connectivity index (χ0) is 6.57. The second-order valence-electron chi connectivity index (χ2n) is 2.09. The Bertz CT molecular complexity index is 80.6. The predicted octanol–water partition coefficient (Wildman–Crippen LogP) is 1.71. The highest BCUT2D eigenvalue weighted by atomic mass is 32.1.